The number of hydrogen-bond acceptors (Lipinski definition) is 4. The third kappa shape index (κ3) is 4.01. The van der Waals surface area contributed by atoms with Gasteiger partial charge < -0.3 is 10.0 Å². The summed E-state index contributed by atoms with van der Waals surface area (Å²) in [5, 5.41) is 9.17. The summed E-state index contributed by atoms with van der Waals surface area (Å²) in [4.78, 5) is 25.2. The molecule has 1 unspecified atom stereocenters. The molecule has 0 aliphatic heterocycles. The number of carbonyl (C=O) groups is 2. The first-order chi connectivity index (χ1) is 11.3. The van der Waals surface area contributed by atoms with Crippen molar-refractivity contribution in [2.45, 2.75) is 36.7 Å². The molecule has 1 amide bonds. The molecule has 1 aromatic rings. The van der Waals surface area contributed by atoms with E-state index in [1.807, 2.05) is 0 Å². The van der Waals surface area contributed by atoms with Crippen LogP contribution in [0.4, 0.5) is 0 Å². The number of rotatable bonds is 8. The van der Waals surface area contributed by atoms with Gasteiger partial charge in [-0.2, -0.15) is 0 Å². The van der Waals surface area contributed by atoms with Gasteiger partial charge in [0.15, 0.2) is 0 Å². The molecule has 0 radical (unpaired) electrons. The van der Waals surface area contributed by atoms with Gasteiger partial charge in [0.25, 0.3) is 5.91 Å². The number of nitrogens with zero attached hydrogens (tertiary/aromatic N) is 1. The second-order valence-corrected chi connectivity index (χ2v) is 7.39. The first kappa shape index (κ1) is 18.2. The fourth-order valence-corrected chi connectivity index (χ4v) is 3.31. The zero-order valence-electron chi connectivity index (χ0n) is 13.3. The number of amides is 1. The minimum Gasteiger partial charge on any atom is -0.480 e. The van der Waals surface area contributed by atoms with Crippen LogP contribution in [0.2, 0.25) is 0 Å². The lowest BCUT2D eigenvalue weighted by atomic mass is 10.1. The fraction of sp³-hybridized carbons (Fsp3) is 0.375. The molecular formula is C16H20N2O5S. The SMILES string of the molecule is C=CCNS(=O)(=O)c1ccc(C(=O)N(C2CC2)C(C)C(=O)O)cc1. The first-order valence-electron chi connectivity index (χ1n) is 7.54. The van der Waals surface area contributed by atoms with Crippen LogP contribution in [0, 0.1) is 0 Å². The van der Waals surface area contributed by atoms with E-state index in [1.165, 1.54) is 42.2 Å². The lowest BCUT2D eigenvalue weighted by molar-refractivity contribution is -0.141. The molecule has 1 atom stereocenters. The van der Waals surface area contributed by atoms with Gasteiger partial charge in [-0.1, -0.05) is 6.08 Å². The van der Waals surface area contributed by atoms with E-state index in [0.717, 1.165) is 12.8 Å². The number of carboxylic acid groups (broad SMARTS) is 1. The van der Waals surface area contributed by atoms with E-state index in [-0.39, 0.29) is 23.0 Å². The van der Waals surface area contributed by atoms with Gasteiger partial charge >= 0.3 is 5.97 Å². The van der Waals surface area contributed by atoms with Gasteiger partial charge in [0.2, 0.25) is 10.0 Å². The maximum Gasteiger partial charge on any atom is 0.326 e. The van der Waals surface area contributed by atoms with E-state index in [0.29, 0.717) is 0 Å². The number of aliphatic carboxylic acids is 1. The van der Waals surface area contributed by atoms with Crippen molar-refractivity contribution < 1.29 is 23.1 Å². The third-order valence-electron chi connectivity index (χ3n) is 3.78. The molecule has 0 spiro atoms. The Labute approximate surface area is 141 Å². The molecule has 130 valence electrons. The second-order valence-electron chi connectivity index (χ2n) is 5.62. The van der Waals surface area contributed by atoms with Crippen molar-refractivity contribution in [2.75, 3.05) is 6.54 Å². The zero-order chi connectivity index (χ0) is 17.9. The van der Waals surface area contributed by atoms with Crippen LogP contribution < -0.4 is 4.72 Å². The summed E-state index contributed by atoms with van der Waals surface area (Å²) in [6.07, 6.45) is 2.98. The molecule has 1 aliphatic rings. The van der Waals surface area contributed by atoms with Crippen LogP contribution in [-0.4, -0.2) is 48.9 Å². The number of sulfonamides is 1. The molecule has 0 saturated heterocycles. The molecule has 0 bridgehead atoms. The number of hydrogen-bond donors (Lipinski definition) is 2. The first-order valence-corrected chi connectivity index (χ1v) is 9.02. The normalized spacial score (nSPS) is 15.5. The maximum atomic E-state index is 12.6. The van der Waals surface area contributed by atoms with Gasteiger partial charge in [0, 0.05) is 18.2 Å². The number of carboxylic acids is 1. The van der Waals surface area contributed by atoms with E-state index in [2.05, 4.69) is 11.3 Å². The molecule has 0 heterocycles. The highest BCUT2D eigenvalue weighted by atomic mass is 32.2. The topological polar surface area (TPSA) is 104 Å². The molecule has 1 fully saturated rings. The Balaban J connectivity index is 2.21. The quantitative estimate of drug-likeness (QED) is 0.685. The largest absolute Gasteiger partial charge is 0.480 e. The smallest absolute Gasteiger partial charge is 0.326 e. The summed E-state index contributed by atoms with van der Waals surface area (Å²) in [6, 6.07) is 4.46. The Morgan fingerprint density at radius 1 is 1.38 bits per heavy atom. The molecule has 0 aromatic heterocycles. The van der Waals surface area contributed by atoms with Gasteiger partial charge in [0.05, 0.1) is 4.90 Å². The van der Waals surface area contributed by atoms with Crippen LogP contribution in [0.1, 0.15) is 30.1 Å². The van der Waals surface area contributed by atoms with Gasteiger partial charge in [0.1, 0.15) is 6.04 Å². The van der Waals surface area contributed by atoms with Crippen molar-refractivity contribution >= 4 is 21.9 Å². The number of benzene rings is 1. The van der Waals surface area contributed by atoms with Crippen molar-refractivity contribution in [1.29, 1.82) is 0 Å². The summed E-state index contributed by atoms with van der Waals surface area (Å²) < 4.78 is 26.3. The van der Waals surface area contributed by atoms with Crippen molar-refractivity contribution in [3.05, 3.63) is 42.5 Å². The minimum absolute atomic E-state index is 0.0326. The Morgan fingerprint density at radius 3 is 2.42 bits per heavy atom. The summed E-state index contributed by atoms with van der Waals surface area (Å²) in [7, 11) is -3.66. The summed E-state index contributed by atoms with van der Waals surface area (Å²) in [6.45, 7) is 5.02. The Morgan fingerprint density at radius 2 is 1.96 bits per heavy atom. The third-order valence-corrected chi connectivity index (χ3v) is 5.22. The summed E-state index contributed by atoms with van der Waals surface area (Å²) in [5.41, 5.74) is 0.262. The van der Waals surface area contributed by atoms with E-state index < -0.39 is 27.9 Å². The van der Waals surface area contributed by atoms with Crippen LogP contribution in [0.5, 0.6) is 0 Å². The number of carbonyl (C=O) groups excluding carboxylic acids is 1. The van der Waals surface area contributed by atoms with Crippen LogP contribution >= 0.6 is 0 Å². The van der Waals surface area contributed by atoms with Crippen LogP contribution in [0.15, 0.2) is 41.8 Å². The highest BCUT2D eigenvalue weighted by Gasteiger charge is 2.38. The van der Waals surface area contributed by atoms with Crippen LogP contribution in [0.25, 0.3) is 0 Å². The minimum atomic E-state index is -3.66. The van der Waals surface area contributed by atoms with Crippen molar-refractivity contribution in [2.24, 2.45) is 0 Å². The highest BCUT2D eigenvalue weighted by Crippen LogP contribution is 2.30. The van der Waals surface area contributed by atoms with Crippen molar-refractivity contribution in [3.63, 3.8) is 0 Å². The Hall–Kier alpha value is -2.19. The molecular weight excluding hydrogens is 332 g/mol. The summed E-state index contributed by atoms with van der Waals surface area (Å²) in [5.74, 6) is -1.47. The predicted molar refractivity (Wildman–Crippen MR) is 88.1 cm³/mol. The summed E-state index contributed by atoms with van der Waals surface area (Å²) >= 11 is 0. The van der Waals surface area contributed by atoms with Crippen molar-refractivity contribution in [3.8, 4) is 0 Å². The molecule has 1 saturated carbocycles. The lowest BCUT2D eigenvalue weighted by Crippen LogP contribution is -2.44. The zero-order valence-corrected chi connectivity index (χ0v) is 14.1. The van der Waals surface area contributed by atoms with E-state index >= 15 is 0 Å². The van der Waals surface area contributed by atoms with Gasteiger partial charge in [-0.15, -0.1) is 6.58 Å². The van der Waals surface area contributed by atoms with Gasteiger partial charge in [-0.05, 0) is 44.0 Å². The van der Waals surface area contributed by atoms with Crippen molar-refractivity contribution in [1.82, 2.24) is 9.62 Å². The lowest BCUT2D eigenvalue weighted by Gasteiger charge is -2.26. The molecule has 2 N–H and O–H groups in total. The highest BCUT2D eigenvalue weighted by molar-refractivity contribution is 7.89. The fourth-order valence-electron chi connectivity index (χ4n) is 2.31. The molecule has 24 heavy (non-hydrogen) atoms. The average molecular weight is 352 g/mol. The second kappa shape index (κ2) is 7.14. The molecule has 1 aromatic carbocycles. The maximum absolute atomic E-state index is 12.6. The van der Waals surface area contributed by atoms with Crippen LogP contribution in [-0.2, 0) is 14.8 Å². The van der Waals surface area contributed by atoms with E-state index in [1.54, 1.807) is 0 Å². The average Bonchev–Trinajstić information content (AvgIpc) is 3.38. The molecule has 8 heteroatoms. The monoisotopic (exact) mass is 352 g/mol. The van der Waals surface area contributed by atoms with E-state index in [9.17, 15) is 18.0 Å². The molecule has 1 aliphatic carbocycles. The Bertz CT molecular complexity index is 738. The number of nitrogens with one attached hydrogen (secondary N) is 1. The van der Waals surface area contributed by atoms with Gasteiger partial charge in [-0.25, -0.2) is 17.9 Å². The van der Waals surface area contributed by atoms with Crippen LogP contribution in [0.3, 0.4) is 0 Å². The standard InChI is InChI=1S/C16H20N2O5S/c1-3-10-17-24(22,23)14-8-4-12(5-9-14)15(19)18(13-6-7-13)11(2)16(20)21/h3-5,8-9,11,13,17H,1,6-7,10H2,2H3,(H,20,21). The van der Waals surface area contributed by atoms with Gasteiger partial charge in [-0.3, -0.25) is 4.79 Å². The Kier molecular flexibility index (Phi) is 5.40. The molecule has 2 rings (SSSR count). The van der Waals surface area contributed by atoms with E-state index in [4.69, 9.17) is 5.11 Å². The predicted octanol–water partition coefficient (Wildman–Crippen LogP) is 1.23. The molecule has 7 nitrogen and oxygen atoms in total.